The predicted molar refractivity (Wildman–Crippen MR) is 135 cm³/mol. The Hall–Kier alpha value is -2.48. The maximum atomic E-state index is 2.60. The highest BCUT2D eigenvalue weighted by molar-refractivity contribution is 5.71. The van der Waals surface area contributed by atoms with E-state index in [0.717, 1.165) is 25.9 Å². The molecule has 2 aromatic rings. The molecule has 0 amide bonds. The Labute approximate surface area is 189 Å². The van der Waals surface area contributed by atoms with Crippen LogP contribution >= 0.6 is 0 Å². The summed E-state index contributed by atoms with van der Waals surface area (Å²) in [5.41, 5.74) is 7.19. The SMILES string of the molecule is CCCN1C(=CC=CC2N(CCC)c3ccccc3C2(C)C)C(C)(C)c2ccccc21. The zero-order valence-corrected chi connectivity index (χ0v) is 20.2. The van der Waals surface area contributed by atoms with Gasteiger partial charge in [0.2, 0.25) is 0 Å². The van der Waals surface area contributed by atoms with E-state index in [2.05, 4.69) is 118 Å². The van der Waals surface area contributed by atoms with Crippen molar-refractivity contribution in [3.05, 3.63) is 83.6 Å². The lowest BCUT2D eigenvalue weighted by Crippen LogP contribution is -2.40. The van der Waals surface area contributed by atoms with E-state index in [0.29, 0.717) is 6.04 Å². The molecule has 2 heterocycles. The second-order valence-corrected chi connectivity index (χ2v) is 10.1. The number of para-hydroxylation sites is 2. The number of anilines is 2. The fraction of sp³-hybridized carbons (Fsp3) is 0.448. The second kappa shape index (κ2) is 8.22. The molecule has 2 aliphatic rings. The van der Waals surface area contributed by atoms with Crippen LogP contribution in [-0.2, 0) is 10.8 Å². The van der Waals surface area contributed by atoms with Gasteiger partial charge in [0.05, 0.1) is 6.04 Å². The van der Waals surface area contributed by atoms with E-state index in [1.807, 2.05) is 0 Å². The molecule has 0 fully saturated rings. The molecule has 31 heavy (non-hydrogen) atoms. The van der Waals surface area contributed by atoms with Gasteiger partial charge >= 0.3 is 0 Å². The molecule has 2 nitrogen and oxygen atoms in total. The van der Waals surface area contributed by atoms with E-state index in [4.69, 9.17) is 0 Å². The molecule has 0 radical (unpaired) electrons. The van der Waals surface area contributed by atoms with Gasteiger partial charge in [-0.1, -0.05) is 90.1 Å². The maximum absolute atomic E-state index is 2.60. The monoisotopic (exact) mass is 414 g/mol. The van der Waals surface area contributed by atoms with E-state index in [1.165, 1.54) is 28.2 Å². The Bertz CT molecular complexity index is 995. The van der Waals surface area contributed by atoms with Crippen molar-refractivity contribution in [3.8, 4) is 0 Å². The molecule has 2 aromatic carbocycles. The molecule has 0 aromatic heterocycles. The molecular weight excluding hydrogens is 376 g/mol. The van der Waals surface area contributed by atoms with Gasteiger partial charge in [0, 0.05) is 41.0 Å². The number of nitrogens with zero attached hydrogens (tertiary/aromatic N) is 2. The van der Waals surface area contributed by atoms with Crippen LogP contribution in [0.3, 0.4) is 0 Å². The molecule has 0 N–H and O–H groups in total. The van der Waals surface area contributed by atoms with Crippen LogP contribution in [0.5, 0.6) is 0 Å². The molecular formula is C29H38N2. The van der Waals surface area contributed by atoms with Crippen molar-refractivity contribution in [2.75, 3.05) is 22.9 Å². The topological polar surface area (TPSA) is 6.48 Å². The molecule has 4 rings (SSSR count). The number of allylic oxidation sites excluding steroid dienone is 3. The fourth-order valence-corrected chi connectivity index (χ4v) is 5.67. The number of rotatable bonds is 6. The summed E-state index contributed by atoms with van der Waals surface area (Å²) >= 11 is 0. The Balaban J connectivity index is 1.69. The summed E-state index contributed by atoms with van der Waals surface area (Å²) in [4.78, 5) is 5.13. The van der Waals surface area contributed by atoms with Gasteiger partial charge in [-0.05, 0) is 42.2 Å². The maximum Gasteiger partial charge on any atom is 0.0568 e. The fourth-order valence-electron chi connectivity index (χ4n) is 5.67. The second-order valence-electron chi connectivity index (χ2n) is 10.1. The molecule has 2 aliphatic heterocycles. The number of fused-ring (bicyclic) bond motifs is 2. The van der Waals surface area contributed by atoms with Crippen molar-refractivity contribution in [1.29, 1.82) is 0 Å². The van der Waals surface area contributed by atoms with Gasteiger partial charge in [0.1, 0.15) is 0 Å². The summed E-state index contributed by atoms with van der Waals surface area (Å²) in [7, 11) is 0. The molecule has 164 valence electrons. The van der Waals surface area contributed by atoms with Crippen LogP contribution in [0, 0.1) is 0 Å². The quantitative estimate of drug-likeness (QED) is 0.493. The minimum Gasteiger partial charge on any atom is -0.364 e. The third-order valence-electron chi connectivity index (χ3n) is 7.24. The van der Waals surface area contributed by atoms with Crippen LogP contribution in [-0.4, -0.2) is 19.1 Å². The number of benzene rings is 2. The van der Waals surface area contributed by atoms with Crippen LogP contribution in [0.2, 0.25) is 0 Å². The molecule has 2 heteroatoms. The Morgan fingerprint density at radius 1 is 0.806 bits per heavy atom. The molecule has 1 atom stereocenters. The first-order valence-electron chi connectivity index (χ1n) is 12.0. The third kappa shape index (κ3) is 3.50. The lowest BCUT2D eigenvalue weighted by Gasteiger charge is -2.32. The summed E-state index contributed by atoms with van der Waals surface area (Å²) in [6, 6.07) is 18.2. The van der Waals surface area contributed by atoms with Crippen molar-refractivity contribution in [1.82, 2.24) is 0 Å². The van der Waals surface area contributed by atoms with Gasteiger partial charge in [-0.15, -0.1) is 0 Å². The summed E-state index contributed by atoms with van der Waals surface area (Å²) in [6.45, 7) is 16.2. The molecule has 0 bridgehead atoms. The minimum absolute atomic E-state index is 0.0212. The summed E-state index contributed by atoms with van der Waals surface area (Å²) in [5, 5.41) is 0. The number of hydrogen-bond acceptors (Lipinski definition) is 2. The summed E-state index contributed by atoms with van der Waals surface area (Å²) in [5.74, 6) is 0. The van der Waals surface area contributed by atoms with E-state index >= 15 is 0 Å². The molecule has 0 saturated heterocycles. The molecule has 0 spiro atoms. The standard InChI is InChI=1S/C29H38N2/c1-7-20-30-24-16-11-9-14-22(24)28(3,4)26(30)18-13-19-27-29(5,6)23-15-10-12-17-25(23)31(27)21-8-2/h9-19,26H,7-8,20-21H2,1-6H3. The van der Waals surface area contributed by atoms with E-state index < -0.39 is 0 Å². The van der Waals surface area contributed by atoms with Gasteiger partial charge in [-0.3, -0.25) is 0 Å². The molecule has 0 saturated carbocycles. The normalized spacial score (nSPS) is 22.4. The highest BCUT2D eigenvalue weighted by Gasteiger charge is 2.43. The molecule has 1 unspecified atom stereocenters. The highest BCUT2D eigenvalue weighted by Crippen LogP contribution is 2.48. The Kier molecular flexibility index (Phi) is 5.77. The largest absolute Gasteiger partial charge is 0.364 e. The third-order valence-corrected chi connectivity index (χ3v) is 7.24. The zero-order valence-electron chi connectivity index (χ0n) is 20.2. The van der Waals surface area contributed by atoms with Crippen LogP contribution in [0.1, 0.15) is 65.5 Å². The predicted octanol–water partition coefficient (Wildman–Crippen LogP) is 7.21. The highest BCUT2D eigenvalue weighted by atomic mass is 15.2. The van der Waals surface area contributed by atoms with Crippen molar-refractivity contribution in [3.63, 3.8) is 0 Å². The smallest absolute Gasteiger partial charge is 0.0568 e. The van der Waals surface area contributed by atoms with Crippen molar-refractivity contribution in [2.24, 2.45) is 0 Å². The lowest BCUT2D eigenvalue weighted by atomic mass is 9.80. The average molecular weight is 415 g/mol. The van der Waals surface area contributed by atoms with Crippen molar-refractivity contribution in [2.45, 2.75) is 71.3 Å². The Morgan fingerprint density at radius 3 is 2.10 bits per heavy atom. The zero-order chi connectivity index (χ0) is 22.2. The minimum atomic E-state index is 0.0212. The van der Waals surface area contributed by atoms with E-state index in [9.17, 15) is 0 Å². The van der Waals surface area contributed by atoms with Gasteiger partial charge < -0.3 is 9.80 Å². The summed E-state index contributed by atoms with van der Waals surface area (Å²) in [6.07, 6.45) is 9.43. The van der Waals surface area contributed by atoms with Gasteiger partial charge in [0.15, 0.2) is 0 Å². The van der Waals surface area contributed by atoms with Gasteiger partial charge in [-0.25, -0.2) is 0 Å². The first-order chi connectivity index (χ1) is 14.8. The first kappa shape index (κ1) is 21.7. The van der Waals surface area contributed by atoms with Gasteiger partial charge in [0.25, 0.3) is 0 Å². The Morgan fingerprint density at radius 2 is 1.42 bits per heavy atom. The van der Waals surface area contributed by atoms with Crippen LogP contribution in [0.4, 0.5) is 11.4 Å². The van der Waals surface area contributed by atoms with Crippen LogP contribution in [0.25, 0.3) is 0 Å². The molecule has 0 aliphatic carbocycles. The lowest BCUT2D eigenvalue weighted by molar-refractivity contribution is 0.474. The van der Waals surface area contributed by atoms with Gasteiger partial charge in [-0.2, -0.15) is 0 Å². The number of hydrogen-bond donors (Lipinski definition) is 0. The van der Waals surface area contributed by atoms with E-state index in [1.54, 1.807) is 0 Å². The van der Waals surface area contributed by atoms with Crippen LogP contribution < -0.4 is 9.80 Å². The van der Waals surface area contributed by atoms with E-state index in [-0.39, 0.29) is 10.8 Å². The van der Waals surface area contributed by atoms with Crippen molar-refractivity contribution >= 4 is 11.4 Å². The van der Waals surface area contributed by atoms with Crippen LogP contribution in [0.15, 0.2) is 72.5 Å². The average Bonchev–Trinajstić information content (AvgIpc) is 3.10. The van der Waals surface area contributed by atoms with Crippen molar-refractivity contribution < 1.29 is 0 Å². The summed E-state index contributed by atoms with van der Waals surface area (Å²) < 4.78 is 0. The first-order valence-corrected chi connectivity index (χ1v) is 12.0.